The van der Waals surface area contributed by atoms with Crippen molar-refractivity contribution in [2.75, 3.05) is 13.2 Å². The van der Waals surface area contributed by atoms with Gasteiger partial charge < -0.3 is 9.84 Å². The maximum Gasteiger partial charge on any atom is 0.347 e. The standard InChI is InChI=1S/C19H16N2O3S2/c1-10-16(19(22)23)26-18(21-10)15-8-13-6-12(11-2-4-24-5-3-11)7-14(9-20)17(13)25-15/h6-8,11H,2-5H2,1H3,(H,22,23). The largest absolute Gasteiger partial charge is 0.477 e. The Bertz CT molecular complexity index is 1040. The number of hydrogen-bond acceptors (Lipinski definition) is 6. The van der Waals surface area contributed by atoms with Gasteiger partial charge in [0, 0.05) is 13.2 Å². The highest BCUT2D eigenvalue weighted by atomic mass is 32.1. The fraction of sp³-hybridized carbons (Fsp3) is 0.316. The van der Waals surface area contributed by atoms with Gasteiger partial charge in [-0.05, 0) is 54.8 Å². The Kier molecular flexibility index (Phi) is 4.49. The second kappa shape index (κ2) is 6.80. The number of ether oxygens (including phenoxy) is 1. The summed E-state index contributed by atoms with van der Waals surface area (Å²) in [6.07, 6.45) is 1.95. The number of carbonyl (C=O) groups is 1. The molecular formula is C19H16N2O3S2. The number of aromatic nitrogens is 1. The van der Waals surface area contributed by atoms with Crippen molar-refractivity contribution >= 4 is 38.7 Å². The zero-order chi connectivity index (χ0) is 18.3. The maximum absolute atomic E-state index is 11.3. The normalized spacial score (nSPS) is 15.2. The Hall–Kier alpha value is -2.27. The van der Waals surface area contributed by atoms with Crippen LogP contribution >= 0.6 is 22.7 Å². The number of nitrogens with zero attached hydrogens (tertiary/aromatic N) is 2. The average molecular weight is 384 g/mol. The summed E-state index contributed by atoms with van der Waals surface area (Å²) in [5, 5.41) is 20.6. The number of hydrogen-bond donors (Lipinski definition) is 1. The summed E-state index contributed by atoms with van der Waals surface area (Å²) >= 11 is 2.68. The van der Waals surface area contributed by atoms with Crippen LogP contribution in [0.5, 0.6) is 0 Å². The van der Waals surface area contributed by atoms with Crippen molar-refractivity contribution in [3.8, 4) is 16.0 Å². The van der Waals surface area contributed by atoms with E-state index in [0.717, 1.165) is 41.0 Å². The Morgan fingerprint density at radius 3 is 2.73 bits per heavy atom. The second-order valence-electron chi connectivity index (χ2n) is 6.33. The Balaban J connectivity index is 1.80. The first kappa shape index (κ1) is 17.2. The number of aryl methyl sites for hydroxylation is 1. The van der Waals surface area contributed by atoms with Crippen molar-refractivity contribution in [3.05, 3.63) is 39.9 Å². The highest BCUT2D eigenvalue weighted by Crippen LogP contribution is 2.40. The lowest BCUT2D eigenvalue weighted by Crippen LogP contribution is -2.14. The number of benzene rings is 1. The lowest BCUT2D eigenvalue weighted by molar-refractivity contribution is 0.0701. The third-order valence-corrected chi connectivity index (χ3v) is 7.15. The third-order valence-electron chi connectivity index (χ3n) is 4.65. The molecule has 4 rings (SSSR count). The summed E-state index contributed by atoms with van der Waals surface area (Å²) in [5.41, 5.74) is 2.38. The third kappa shape index (κ3) is 3.01. The highest BCUT2D eigenvalue weighted by Gasteiger charge is 2.20. The molecule has 0 spiro atoms. The number of thiophene rings is 1. The first-order valence-electron chi connectivity index (χ1n) is 8.33. The zero-order valence-corrected chi connectivity index (χ0v) is 15.7. The quantitative estimate of drug-likeness (QED) is 0.701. The lowest BCUT2D eigenvalue weighted by atomic mass is 9.90. The van der Waals surface area contributed by atoms with Crippen LogP contribution in [0.3, 0.4) is 0 Å². The van der Waals surface area contributed by atoms with Crippen LogP contribution in [0.25, 0.3) is 20.0 Å². The summed E-state index contributed by atoms with van der Waals surface area (Å²) in [6, 6.07) is 8.49. The highest BCUT2D eigenvalue weighted by molar-refractivity contribution is 7.26. The summed E-state index contributed by atoms with van der Waals surface area (Å²) in [7, 11) is 0. The van der Waals surface area contributed by atoms with Gasteiger partial charge in [-0.2, -0.15) is 5.26 Å². The molecule has 0 amide bonds. The van der Waals surface area contributed by atoms with Crippen molar-refractivity contribution in [1.29, 1.82) is 5.26 Å². The van der Waals surface area contributed by atoms with E-state index in [1.807, 2.05) is 12.1 Å². The van der Waals surface area contributed by atoms with Gasteiger partial charge in [0.2, 0.25) is 0 Å². The van der Waals surface area contributed by atoms with E-state index in [2.05, 4.69) is 17.1 Å². The zero-order valence-electron chi connectivity index (χ0n) is 14.1. The monoisotopic (exact) mass is 384 g/mol. The van der Waals surface area contributed by atoms with Crippen LogP contribution in [0.15, 0.2) is 18.2 Å². The van der Waals surface area contributed by atoms with Crippen molar-refractivity contribution in [3.63, 3.8) is 0 Å². The Morgan fingerprint density at radius 2 is 2.08 bits per heavy atom. The summed E-state index contributed by atoms with van der Waals surface area (Å²) < 4.78 is 6.38. The molecule has 1 aliphatic rings. The van der Waals surface area contributed by atoms with Crippen molar-refractivity contribution < 1.29 is 14.6 Å². The second-order valence-corrected chi connectivity index (χ2v) is 8.39. The van der Waals surface area contributed by atoms with Gasteiger partial charge >= 0.3 is 5.97 Å². The molecule has 132 valence electrons. The molecule has 0 unspecified atom stereocenters. The first-order chi connectivity index (χ1) is 12.6. The van der Waals surface area contributed by atoms with Gasteiger partial charge in [0.1, 0.15) is 16.0 Å². The van der Waals surface area contributed by atoms with E-state index in [9.17, 15) is 15.2 Å². The van der Waals surface area contributed by atoms with Gasteiger partial charge in [0.15, 0.2) is 0 Å². The van der Waals surface area contributed by atoms with E-state index in [1.54, 1.807) is 6.92 Å². The number of rotatable bonds is 3. The van der Waals surface area contributed by atoms with Gasteiger partial charge in [0.25, 0.3) is 0 Å². The van der Waals surface area contributed by atoms with E-state index < -0.39 is 5.97 Å². The van der Waals surface area contributed by atoms with Crippen molar-refractivity contribution in [2.24, 2.45) is 0 Å². The van der Waals surface area contributed by atoms with Crippen LogP contribution in [0, 0.1) is 18.3 Å². The smallest absolute Gasteiger partial charge is 0.347 e. The number of carboxylic acids is 1. The van der Waals surface area contributed by atoms with E-state index in [-0.39, 0.29) is 4.88 Å². The molecule has 5 nitrogen and oxygen atoms in total. The van der Waals surface area contributed by atoms with Crippen LogP contribution < -0.4 is 0 Å². The molecule has 7 heteroatoms. The molecule has 1 N–H and O–H groups in total. The average Bonchev–Trinajstić information content (AvgIpc) is 3.25. The Labute approximate surface area is 158 Å². The van der Waals surface area contributed by atoms with Gasteiger partial charge in [-0.15, -0.1) is 22.7 Å². The molecule has 1 aliphatic heterocycles. The number of aromatic carboxylic acids is 1. The molecule has 26 heavy (non-hydrogen) atoms. The predicted molar refractivity (Wildman–Crippen MR) is 102 cm³/mol. The molecule has 2 aromatic heterocycles. The molecule has 3 heterocycles. The summed E-state index contributed by atoms with van der Waals surface area (Å²) in [6.45, 7) is 3.23. The molecular weight excluding hydrogens is 368 g/mol. The number of carboxylic acid groups (broad SMARTS) is 1. The molecule has 0 saturated carbocycles. The summed E-state index contributed by atoms with van der Waals surface area (Å²) in [4.78, 5) is 16.9. The molecule has 1 fully saturated rings. The summed E-state index contributed by atoms with van der Waals surface area (Å²) in [5.74, 6) is -0.531. The van der Waals surface area contributed by atoms with Gasteiger partial charge in [-0.25, -0.2) is 9.78 Å². The first-order valence-corrected chi connectivity index (χ1v) is 9.96. The van der Waals surface area contributed by atoms with E-state index in [1.165, 1.54) is 28.2 Å². The minimum absolute atomic E-state index is 0.265. The molecule has 0 radical (unpaired) electrons. The molecule has 1 aromatic carbocycles. The van der Waals surface area contributed by atoms with E-state index in [4.69, 9.17) is 4.74 Å². The number of nitriles is 1. The van der Waals surface area contributed by atoms with Crippen molar-refractivity contribution in [1.82, 2.24) is 4.98 Å². The molecule has 1 saturated heterocycles. The fourth-order valence-electron chi connectivity index (χ4n) is 3.33. The maximum atomic E-state index is 11.3. The predicted octanol–water partition coefficient (Wildman–Crippen LogP) is 4.80. The van der Waals surface area contributed by atoms with Gasteiger partial charge in [-0.1, -0.05) is 0 Å². The molecule has 3 aromatic rings. The van der Waals surface area contributed by atoms with Crippen molar-refractivity contribution in [2.45, 2.75) is 25.7 Å². The van der Waals surface area contributed by atoms with E-state index in [0.29, 0.717) is 22.2 Å². The van der Waals surface area contributed by atoms with Crippen LogP contribution in [0.4, 0.5) is 0 Å². The molecule has 0 aliphatic carbocycles. The number of thiazole rings is 1. The minimum Gasteiger partial charge on any atom is -0.477 e. The van der Waals surface area contributed by atoms with E-state index >= 15 is 0 Å². The molecule has 0 bridgehead atoms. The van der Waals surface area contributed by atoms with Crippen LogP contribution in [0.2, 0.25) is 0 Å². The Morgan fingerprint density at radius 1 is 1.31 bits per heavy atom. The van der Waals surface area contributed by atoms with Crippen LogP contribution in [-0.2, 0) is 4.74 Å². The van der Waals surface area contributed by atoms with Gasteiger partial charge in [-0.3, -0.25) is 0 Å². The lowest BCUT2D eigenvalue weighted by Gasteiger charge is -2.22. The minimum atomic E-state index is -0.952. The molecule has 0 atom stereocenters. The van der Waals surface area contributed by atoms with Gasteiger partial charge in [0.05, 0.1) is 20.8 Å². The number of fused-ring (bicyclic) bond motifs is 1. The van der Waals surface area contributed by atoms with Crippen LogP contribution in [-0.4, -0.2) is 29.3 Å². The fourth-order valence-corrected chi connectivity index (χ4v) is 5.39. The SMILES string of the molecule is Cc1nc(-c2cc3cc(C4CCOCC4)cc(C#N)c3s2)sc1C(=O)O. The van der Waals surface area contributed by atoms with Crippen LogP contribution in [0.1, 0.15) is 45.3 Å². The topological polar surface area (TPSA) is 83.2 Å².